The zero-order valence-corrected chi connectivity index (χ0v) is 7.54. The van der Waals surface area contributed by atoms with Gasteiger partial charge in [0, 0.05) is 11.6 Å². The van der Waals surface area contributed by atoms with Crippen LogP contribution in [0.15, 0.2) is 17.6 Å². The van der Waals surface area contributed by atoms with Gasteiger partial charge < -0.3 is 0 Å². The second-order valence-corrected chi connectivity index (χ2v) is 3.67. The first-order chi connectivity index (χ1) is 5.29. The Balaban J connectivity index is 2.93. The van der Waals surface area contributed by atoms with Gasteiger partial charge in [-0.25, -0.2) is 4.98 Å². The normalized spacial score (nSPS) is 10.7. The summed E-state index contributed by atoms with van der Waals surface area (Å²) in [7, 11) is 0. The van der Waals surface area contributed by atoms with Crippen LogP contribution in [-0.4, -0.2) is 4.98 Å². The van der Waals surface area contributed by atoms with Gasteiger partial charge in [-0.3, -0.25) is 0 Å². The topological polar surface area (TPSA) is 12.9 Å². The second-order valence-electron chi connectivity index (χ2n) is 2.39. The third kappa shape index (κ3) is 1.03. The predicted molar refractivity (Wildman–Crippen MR) is 49.4 cm³/mol. The van der Waals surface area contributed by atoms with Gasteiger partial charge in [-0.05, 0) is 23.9 Å². The molecule has 0 aliphatic heterocycles. The molecule has 0 aromatic carbocycles. The molecule has 0 saturated heterocycles. The zero-order chi connectivity index (χ0) is 7.84. The van der Waals surface area contributed by atoms with Crippen molar-refractivity contribution in [2.75, 3.05) is 0 Å². The summed E-state index contributed by atoms with van der Waals surface area (Å²) in [5.41, 5.74) is 1.04. The number of aryl methyl sites for hydroxylation is 1. The maximum atomic E-state index is 6.03. The summed E-state index contributed by atoms with van der Waals surface area (Å²) in [5.74, 6) is 0. The quantitative estimate of drug-likeness (QED) is 0.611. The summed E-state index contributed by atoms with van der Waals surface area (Å²) in [5, 5.41) is 3.90. The molecule has 2 aromatic heterocycles. The summed E-state index contributed by atoms with van der Waals surface area (Å²) < 4.78 is 0. The van der Waals surface area contributed by atoms with E-state index in [1.165, 1.54) is 0 Å². The van der Waals surface area contributed by atoms with E-state index < -0.39 is 0 Å². The number of halogens is 1. The van der Waals surface area contributed by atoms with Crippen molar-refractivity contribution in [3.05, 3.63) is 28.2 Å². The van der Waals surface area contributed by atoms with Crippen molar-refractivity contribution in [2.24, 2.45) is 0 Å². The molecular formula is C8H6ClNS. The molecular weight excluding hydrogens is 178 g/mol. The smallest absolute Gasteiger partial charge is 0.124 e. The highest BCUT2D eigenvalue weighted by Crippen LogP contribution is 2.28. The highest BCUT2D eigenvalue weighted by atomic mass is 35.5. The van der Waals surface area contributed by atoms with E-state index in [0.717, 1.165) is 20.8 Å². The number of hydrogen-bond donors (Lipinski definition) is 0. The zero-order valence-electron chi connectivity index (χ0n) is 5.97. The predicted octanol–water partition coefficient (Wildman–Crippen LogP) is 3.26. The highest BCUT2D eigenvalue weighted by Gasteiger charge is 2.02. The number of aromatic nitrogens is 1. The molecule has 1 nitrogen and oxygen atoms in total. The van der Waals surface area contributed by atoms with Crippen LogP contribution in [-0.2, 0) is 0 Å². The summed E-state index contributed by atoms with van der Waals surface area (Å²) in [4.78, 5) is 5.25. The Hall–Kier alpha value is -0.600. The van der Waals surface area contributed by atoms with Crippen molar-refractivity contribution in [1.29, 1.82) is 0 Å². The molecule has 2 aromatic rings. The van der Waals surface area contributed by atoms with Gasteiger partial charge in [0.15, 0.2) is 0 Å². The molecule has 0 radical (unpaired) electrons. The summed E-state index contributed by atoms with van der Waals surface area (Å²) >= 11 is 7.65. The first-order valence-electron chi connectivity index (χ1n) is 3.27. The number of pyridine rings is 1. The molecule has 0 fully saturated rings. The Morgan fingerprint density at radius 2 is 2.36 bits per heavy atom. The molecule has 0 N–H and O–H groups in total. The third-order valence-corrected chi connectivity index (χ3v) is 2.93. The van der Waals surface area contributed by atoms with E-state index in [1.807, 2.05) is 18.4 Å². The Bertz CT molecular complexity index is 394. The van der Waals surface area contributed by atoms with E-state index in [4.69, 9.17) is 11.6 Å². The van der Waals surface area contributed by atoms with E-state index >= 15 is 0 Å². The van der Waals surface area contributed by atoms with Gasteiger partial charge in [-0.1, -0.05) is 11.6 Å². The van der Waals surface area contributed by atoms with E-state index in [1.54, 1.807) is 17.5 Å². The van der Waals surface area contributed by atoms with Crippen molar-refractivity contribution in [1.82, 2.24) is 4.98 Å². The monoisotopic (exact) mass is 183 g/mol. The van der Waals surface area contributed by atoms with Gasteiger partial charge in [0.25, 0.3) is 0 Å². The fraction of sp³-hybridized carbons (Fsp3) is 0.125. The number of fused-ring (bicyclic) bond motifs is 1. The standard InChI is InChI=1S/C8H6ClNS/c1-5-4-10-8-6(7(5)9)2-3-11-8/h2-4H,1H3. The Kier molecular flexibility index (Phi) is 1.59. The maximum absolute atomic E-state index is 6.03. The SMILES string of the molecule is Cc1cnc2sccc2c1Cl. The minimum absolute atomic E-state index is 0.830. The molecule has 2 heterocycles. The molecule has 0 amide bonds. The van der Waals surface area contributed by atoms with Crippen LogP contribution in [0, 0.1) is 6.92 Å². The highest BCUT2D eigenvalue weighted by molar-refractivity contribution is 7.16. The van der Waals surface area contributed by atoms with Crippen LogP contribution < -0.4 is 0 Å². The number of rotatable bonds is 0. The van der Waals surface area contributed by atoms with E-state index in [0.29, 0.717) is 0 Å². The Morgan fingerprint density at radius 3 is 3.18 bits per heavy atom. The van der Waals surface area contributed by atoms with Gasteiger partial charge in [0.2, 0.25) is 0 Å². The lowest BCUT2D eigenvalue weighted by molar-refractivity contribution is 1.35. The summed E-state index contributed by atoms with van der Waals surface area (Å²) in [6, 6.07) is 2.00. The molecule has 0 atom stereocenters. The molecule has 0 spiro atoms. The van der Waals surface area contributed by atoms with Gasteiger partial charge in [-0.2, -0.15) is 0 Å². The Labute approximate surface area is 73.6 Å². The van der Waals surface area contributed by atoms with Gasteiger partial charge in [0.05, 0.1) is 5.02 Å². The van der Waals surface area contributed by atoms with Crippen LogP contribution in [0.25, 0.3) is 10.2 Å². The average molecular weight is 184 g/mol. The van der Waals surface area contributed by atoms with Gasteiger partial charge in [0.1, 0.15) is 4.83 Å². The molecule has 3 heteroatoms. The van der Waals surface area contributed by atoms with Crippen molar-refractivity contribution in [3.8, 4) is 0 Å². The maximum Gasteiger partial charge on any atom is 0.124 e. The summed E-state index contributed by atoms with van der Waals surface area (Å²) in [6.45, 7) is 1.96. The van der Waals surface area contributed by atoms with E-state index in [-0.39, 0.29) is 0 Å². The van der Waals surface area contributed by atoms with Crippen molar-refractivity contribution in [2.45, 2.75) is 6.92 Å². The summed E-state index contributed by atoms with van der Waals surface area (Å²) in [6.07, 6.45) is 1.81. The van der Waals surface area contributed by atoms with Gasteiger partial charge >= 0.3 is 0 Å². The van der Waals surface area contributed by atoms with E-state index in [2.05, 4.69) is 4.98 Å². The molecule has 0 unspecified atom stereocenters. The lowest BCUT2D eigenvalue weighted by Gasteiger charge is -1.96. The van der Waals surface area contributed by atoms with Crippen LogP contribution in [0.2, 0.25) is 5.02 Å². The Morgan fingerprint density at radius 1 is 1.55 bits per heavy atom. The van der Waals surface area contributed by atoms with Crippen LogP contribution in [0.1, 0.15) is 5.56 Å². The average Bonchev–Trinajstić information content (AvgIpc) is 2.45. The molecule has 11 heavy (non-hydrogen) atoms. The van der Waals surface area contributed by atoms with Crippen molar-refractivity contribution < 1.29 is 0 Å². The van der Waals surface area contributed by atoms with Crippen LogP contribution in [0.5, 0.6) is 0 Å². The molecule has 0 saturated carbocycles. The molecule has 0 aliphatic rings. The lowest BCUT2D eigenvalue weighted by Crippen LogP contribution is -1.78. The van der Waals surface area contributed by atoms with Crippen LogP contribution >= 0.6 is 22.9 Å². The largest absolute Gasteiger partial charge is 0.245 e. The van der Waals surface area contributed by atoms with Crippen LogP contribution in [0.3, 0.4) is 0 Å². The third-order valence-electron chi connectivity index (χ3n) is 1.60. The molecule has 2 rings (SSSR count). The fourth-order valence-corrected chi connectivity index (χ4v) is 1.99. The molecule has 56 valence electrons. The van der Waals surface area contributed by atoms with Gasteiger partial charge in [-0.15, -0.1) is 11.3 Å². The lowest BCUT2D eigenvalue weighted by atomic mass is 10.2. The van der Waals surface area contributed by atoms with E-state index in [9.17, 15) is 0 Å². The first-order valence-corrected chi connectivity index (χ1v) is 4.53. The minimum Gasteiger partial charge on any atom is -0.245 e. The number of nitrogens with zero attached hydrogens (tertiary/aromatic N) is 1. The minimum atomic E-state index is 0.830. The molecule has 0 aliphatic carbocycles. The van der Waals surface area contributed by atoms with Crippen LogP contribution in [0.4, 0.5) is 0 Å². The second kappa shape index (κ2) is 2.47. The first kappa shape index (κ1) is 7.07. The van der Waals surface area contributed by atoms with Crippen molar-refractivity contribution >= 4 is 33.2 Å². The number of thiophene rings is 1. The molecule has 0 bridgehead atoms. The number of hydrogen-bond acceptors (Lipinski definition) is 2. The van der Waals surface area contributed by atoms with Crippen molar-refractivity contribution in [3.63, 3.8) is 0 Å². The fourth-order valence-electron chi connectivity index (χ4n) is 0.993.